The molecule has 0 unspecified atom stereocenters. The normalized spacial score (nSPS) is 20.4. The smallest absolute Gasteiger partial charge is 0.422 e. The molecule has 2 atom stereocenters. The number of aromatic nitrogens is 3. The van der Waals surface area contributed by atoms with E-state index in [2.05, 4.69) is 31.6 Å². The van der Waals surface area contributed by atoms with Crippen molar-refractivity contribution in [3.63, 3.8) is 0 Å². The Balaban J connectivity index is 1.08. The highest BCUT2D eigenvalue weighted by atomic mass is 35.5. The molecule has 3 fully saturated rings. The van der Waals surface area contributed by atoms with Gasteiger partial charge in [-0.15, -0.1) is 6.58 Å². The van der Waals surface area contributed by atoms with Gasteiger partial charge in [-0.3, -0.25) is 19.1 Å². The number of alkyl halides is 3. The second-order valence-corrected chi connectivity index (χ2v) is 17.5. The third-order valence-electron chi connectivity index (χ3n) is 10.4. The summed E-state index contributed by atoms with van der Waals surface area (Å²) in [5, 5.41) is 3.24. The number of halogens is 4. The monoisotopic (exact) mass is 787 g/mol. The number of benzene rings is 2. The van der Waals surface area contributed by atoms with Crippen LogP contribution in [0.3, 0.4) is 0 Å². The van der Waals surface area contributed by atoms with E-state index in [0.717, 1.165) is 18.4 Å². The summed E-state index contributed by atoms with van der Waals surface area (Å²) in [5.41, 5.74) is -0.663. The lowest BCUT2D eigenvalue weighted by molar-refractivity contribution is -0.154. The highest BCUT2D eigenvalue weighted by molar-refractivity contribution is 7.90. The molecule has 11 nitrogen and oxygen atoms in total. The van der Waals surface area contributed by atoms with Crippen LogP contribution in [0.25, 0.3) is 0 Å². The van der Waals surface area contributed by atoms with Crippen LogP contribution in [0, 0.1) is 16.7 Å². The fraction of sp³-hybridized carbons (Fsp3) is 0.474. The molecule has 0 bridgehead atoms. The largest absolute Gasteiger partial charge is 0.454 e. The molecular weight excluding hydrogens is 747 g/mol. The van der Waals surface area contributed by atoms with Crippen LogP contribution in [0.5, 0.6) is 6.01 Å². The summed E-state index contributed by atoms with van der Waals surface area (Å²) < 4.78 is 70.9. The summed E-state index contributed by atoms with van der Waals surface area (Å²) in [4.78, 5) is 52.5. The zero-order chi connectivity index (χ0) is 39.1. The van der Waals surface area contributed by atoms with Crippen molar-refractivity contribution < 1.29 is 40.7 Å². The van der Waals surface area contributed by atoms with Gasteiger partial charge in [0.25, 0.3) is 0 Å². The third-order valence-corrected chi connectivity index (χ3v) is 12.5. The maximum Gasteiger partial charge on any atom is 0.422 e. The first kappa shape index (κ1) is 39.3. The molecule has 1 amide bonds. The Morgan fingerprint density at radius 3 is 2.26 bits per heavy atom. The van der Waals surface area contributed by atoms with Crippen LogP contribution in [0.4, 0.5) is 19.1 Å². The highest BCUT2D eigenvalue weighted by Gasteiger charge is 2.61. The zero-order valence-electron chi connectivity index (χ0n) is 29.8. The van der Waals surface area contributed by atoms with E-state index in [4.69, 9.17) is 16.3 Å². The minimum absolute atomic E-state index is 0.0377. The van der Waals surface area contributed by atoms with E-state index in [1.807, 2.05) is 12.1 Å². The minimum Gasteiger partial charge on any atom is -0.454 e. The Hall–Kier alpha value is -4.37. The van der Waals surface area contributed by atoms with Crippen molar-refractivity contribution in [3.05, 3.63) is 88.7 Å². The van der Waals surface area contributed by atoms with E-state index in [1.165, 1.54) is 0 Å². The molecule has 2 N–H and O–H groups in total. The Morgan fingerprint density at radius 1 is 1.02 bits per heavy atom. The molecule has 0 spiro atoms. The first-order valence-electron chi connectivity index (χ1n) is 17.7. The van der Waals surface area contributed by atoms with Crippen molar-refractivity contribution in [2.24, 2.45) is 16.7 Å². The minimum atomic E-state index is -4.60. The maximum absolute atomic E-state index is 13.5. The van der Waals surface area contributed by atoms with Gasteiger partial charge < -0.3 is 10.1 Å². The zero-order valence-corrected chi connectivity index (χ0v) is 31.4. The van der Waals surface area contributed by atoms with Crippen molar-refractivity contribution in [2.45, 2.75) is 88.6 Å². The number of Topliss-reactive ketones (excluding diaryl/α,β-unsaturated/α-hetero) is 2. The van der Waals surface area contributed by atoms with Crippen LogP contribution in [-0.2, 0) is 31.6 Å². The third kappa shape index (κ3) is 9.28. The number of amides is 1. The van der Waals surface area contributed by atoms with Gasteiger partial charge in [0, 0.05) is 35.3 Å². The van der Waals surface area contributed by atoms with Gasteiger partial charge in [-0.1, -0.05) is 67.9 Å². The van der Waals surface area contributed by atoms with Crippen LogP contribution in [-0.4, -0.2) is 58.9 Å². The summed E-state index contributed by atoms with van der Waals surface area (Å²) in [6.45, 7) is 5.57. The van der Waals surface area contributed by atoms with Gasteiger partial charge in [-0.25, -0.2) is 8.42 Å². The number of hydrogen-bond donors (Lipinski definition) is 2. The van der Waals surface area contributed by atoms with Gasteiger partial charge in [0.1, 0.15) is 11.6 Å². The number of ketones is 2. The standard InChI is InChI=1S/C38H41ClF3N5O6S/c1-4-25-20-36(25,32(50)47-54(51,52)28-13-14-28)21-30(49)35(2,3)16-15-29(48)24-7-5-23(6-8-24)19-31-43-33(45-34(44-31)53-22-38(40,41)42)46-37(17-18-37)26-9-11-27(39)12-10-26/h4-12,25,28H,1,13-22H2,2-3H3,(H,47,50)(H,43,44,45,46)/t25-,36-/m1/s1. The van der Waals surface area contributed by atoms with Crippen molar-refractivity contribution in [2.75, 3.05) is 11.9 Å². The number of rotatable bonds is 18. The molecule has 3 aliphatic carbocycles. The number of anilines is 1. The van der Waals surface area contributed by atoms with Gasteiger partial charge in [0.15, 0.2) is 12.4 Å². The number of carbonyl (C=O) groups is 3. The Morgan fingerprint density at radius 2 is 1.69 bits per heavy atom. The SMILES string of the molecule is C=C[C@@H]1C[C@]1(CC(=O)C(C)(C)CCC(=O)c1ccc(Cc2nc(NC3(c4ccc(Cl)cc4)CC3)nc(OCC(F)(F)F)n2)cc1)C(=O)NS(=O)(=O)C1CC1. The van der Waals surface area contributed by atoms with Gasteiger partial charge in [-0.05, 0) is 67.7 Å². The molecule has 16 heteroatoms. The molecule has 3 saturated carbocycles. The molecule has 3 aliphatic rings. The van der Waals surface area contributed by atoms with E-state index < -0.39 is 56.3 Å². The number of ether oxygens (including phenoxy) is 1. The first-order valence-corrected chi connectivity index (χ1v) is 19.6. The number of carbonyl (C=O) groups excluding carboxylic acids is 3. The molecule has 1 heterocycles. The van der Waals surface area contributed by atoms with Crippen molar-refractivity contribution in [1.29, 1.82) is 0 Å². The number of nitrogens with one attached hydrogen (secondary N) is 2. The van der Waals surface area contributed by atoms with Crippen molar-refractivity contribution in [1.82, 2.24) is 19.7 Å². The van der Waals surface area contributed by atoms with Crippen molar-refractivity contribution >= 4 is 45.0 Å². The quantitative estimate of drug-likeness (QED) is 0.103. The van der Waals surface area contributed by atoms with Crippen LogP contribution in [0.2, 0.25) is 5.02 Å². The molecule has 2 aromatic carbocycles. The lowest BCUT2D eigenvalue weighted by atomic mass is 9.77. The summed E-state index contributed by atoms with van der Waals surface area (Å²) in [7, 11) is -3.78. The molecule has 6 rings (SSSR count). The lowest BCUT2D eigenvalue weighted by Gasteiger charge is -2.26. The number of nitrogens with zero attached hydrogens (tertiary/aromatic N) is 3. The molecule has 3 aromatic rings. The highest BCUT2D eigenvalue weighted by Crippen LogP contribution is 2.57. The Labute approximate surface area is 316 Å². The average Bonchev–Trinajstić information content (AvgIpc) is 3.98. The fourth-order valence-electron chi connectivity index (χ4n) is 6.44. The Kier molecular flexibility index (Phi) is 10.7. The van der Waals surface area contributed by atoms with Crippen molar-refractivity contribution in [3.8, 4) is 6.01 Å². The fourth-order valence-corrected chi connectivity index (χ4v) is 7.96. The number of allylic oxidation sites excluding steroid dienone is 1. The van der Waals surface area contributed by atoms with Crippen LogP contribution in [0.15, 0.2) is 61.2 Å². The average molecular weight is 788 g/mol. The number of sulfonamides is 1. The predicted molar refractivity (Wildman–Crippen MR) is 194 cm³/mol. The Bertz CT molecular complexity index is 2050. The molecule has 54 heavy (non-hydrogen) atoms. The summed E-state index contributed by atoms with van der Waals surface area (Å²) in [5.74, 6) is -1.26. The summed E-state index contributed by atoms with van der Waals surface area (Å²) in [6.07, 6.45) is -0.0421. The lowest BCUT2D eigenvalue weighted by Crippen LogP contribution is -2.41. The molecule has 0 aliphatic heterocycles. The maximum atomic E-state index is 13.5. The van der Waals surface area contributed by atoms with Crippen LogP contribution < -0.4 is 14.8 Å². The molecular formula is C38H41ClF3N5O6S. The van der Waals surface area contributed by atoms with Crippen LogP contribution >= 0.6 is 11.6 Å². The van der Waals surface area contributed by atoms with Gasteiger partial charge in [0.05, 0.1) is 16.2 Å². The molecule has 1 aromatic heterocycles. The van der Waals surface area contributed by atoms with Crippen LogP contribution in [0.1, 0.15) is 92.5 Å². The summed E-state index contributed by atoms with van der Waals surface area (Å²) >= 11 is 6.04. The van der Waals surface area contributed by atoms with Gasteiger partial charge in [0.2, 0.25) is 21.9 Å². The van der Waals surface area contributed by atoms with E-state index in [0.29, 0.717) is 35.4 Å². The second kappa shape index (κ2) is 14.7. The number of hydrogen-bond acceptors (Lipinski definition) is 10. The predicted octanol–water partition coefficient (Wildman–Crippen LogP) is 6.91. The first-order chi connectivity index (χ1) is 25.3. The van der Waals surface area contributed by atoms with E-state index in [-0.39, 0.29) is 54.9 Å². The summed E-state index contributed by atoms with van der Waals surface area (Å²) in [6, 6.07) is 13.4. The van der Waals surface area contributed by atoms with E-state index >= 15 is 0 Å². The molecule has 288 valence electrons. The molecule has 0 saturated heterocycles. The van der Waals surface area contributed by atoms with Gasteiger partial charge in [-0.2, -0.15) is 28.1 Å². The van der Waals surface area contributed by atoms with E-state index in [9.17, 15) is 36.0 Å². The topological polar surface area (TPSA) is 157 Å². The second-order valence-electron chi connectivity index (χ2n) is 15.1. The molecule has 0 radical (unpaired) electrons. The van der Waals surface area contributed by atoms with E-state index in [1.54, 1.807) is 56.3 Å². The van der Waals surface area contributed by atoms with Gasteiger partial charge >= 0.3 is 12.2 Å².